The van der Waals surface area contributed by atoms with Gasteiger partial charge >= 0.3 is 0 Å². The molecule has 1 fully saturated rings. The third-order valence-electron chi connectivity index (χ3n) is 5.58. The zero-order valence-corrected chi connectivity index (χ0v) is 15.3. The maximum absolute atomic E-state index is 13.4. The molecule has 0 spiro atoms. The summed E-state index contributed by atoms with van der Waals surface area (Å²) in [6, 6.07) is 25.0. The molecule has 5 rings (SSSR count). The molecule has 28 heavy (non-hydrogen) atoms. The van der Waals surface area contributed by atoms with Crippen LogP contribution in [0.1, 0.15) is 22.9 Å². The van der Waals surface area contributed by atoms with Crippen LogP contribution in [0.5, 0.6) is 5.75 Å². The summed E-state index contributed by atoms with van der Waals surface area (Å²) in [6.45, 7) is 0.713. The molecule has 2 N–H and O–H groups in total. The monoisotopic (exact) mass is 371 g/mol. The zero-order valence-electron chi connectivity index (χ0n) is 15.3. The highest BCUT2D eigenvalue weighted by Crippen LogP contribution is 2.40. The summed E-state index contributed by atoms with van der Waals surface area (Å²) in [6.07, 6.45) is 0.461. The Morgan fingerprint density at radius 3 is 2.29 bits per heavy atom. The van der Waals surface area contributed by atoms with Crippen molar-refractivity contribution in [2.45, 2.75) is 25.2 Å². The van der Waals surface area contributed by atoms with Crippen molar-refractivity contribution in [1.29, 1.82) is 0 Å². The number of phenols is 1. The molecular formula is C23H21N3O2. The molecule has 3 aromatic carbocycles. The Balaban J connectivity index is 1.56. The van der Waals surface area contributed by atoms with Gasteiger partial charge in [-0.05, 0) is 47.4 Å². The van der Waals surface area contributed by atoms with E-state index in [2.05, 4.69) is 22.5 Å². The molecule has 2 heterocycles. The Morgan fingerprint density at radius 2 is 1.54 bits per heavy atom. The lowest BCUT2D eigenvalue weighted by Gasteiger charge is -2.34. The van der Waals surface area contributed by atoms with Crippen LogP contribution in [0.25, 0.3) is 0 Å². The average Bonchev–Trinajstić information content (AvgIpc) is 2.99. The number of phenolic OH excluding ortho intramolecular Hbond substituents is 1. The molecule has 0 aliphatic carbocycles. The standard InChI is InChI=1S/C23H21N3O2/c27-20-12-10-16(11-13-20)22-25-15-18-7-5-4-6-17(18)14-21(25)23(28)26(22)24-19-8-2-1-3-9-19/h1-13,21-22,24,27H,14-15H2. The molecule has 2 atom stereocenters. The number of carbonyl (C=O) groups excluding carboxylic acids is 1. The number of rotatable bonds is 3. The first-order chi connectivity index (χ1) is 13.7. The maximum atomic E-state index is 13.4. The molecule has 1 saturated heterocycles. The quantitative estimate of drug-likeness (QED) is 0.737. The predicted octanol–water partition coefficient (Wildman–Crippen LogP) is 3.69. The molecule has 5 nitrogen and oxygen atoms in total. The lowest BCUT2D eigenvalue weighted by Crippen LogP contribution is -2.39. The third kappa shape index (κ3) is 2.80. The van der Waals surface area contributed by atoms with Gasteiger partial charge in [0, 0.05) is 6.54 Å². The minimum atomic E-state index is -0.244. The molecule has 0 aromatic heterocycles. The van der Waals surface area contributed by atoms with Gasteiger partial charge in [0.2, 0.25) is 0 Å². The second kappa shape index (κ2) is 6.69. The van der Waals surface area contributed by atoms with Crippen LogP contribution in [0.2, 0.25) is 0 Å². The van der Waals surface area contributed by atoms with Gasteiger partial charge in [-0.15, -0.1) is 0 Å². The van der Waals surface area contributed by atoms with Crippen LogP contribution in [-0.2, 0) is 17.8 Å². The van der Waals surface area contributed by atoms with E-state index >= 15 is 0 Å². The van der Waals surface area contributed by atoms with E-state index in [0.717, 1.165) is 11.3 Å². The van der Waals surface area contributed by atoms with Gasteiger partial charge in [-0.25, -0.2) is 5.01 Å². The van der Waals surface area contributed by atoms with Crippen LogP contribution >= 0.6 is 0 Å². The Morgan fingerprint density at radius 1 is 0.857 bits per heavy atom. The minimum Gasteiger partial charge on any atom is -0.508 e. The van der Waals surface area contributed by atoms with Crippen molar-refractivity contribution in [3.63, 3.8) is 0 Å². The maximum Gasteiger partial charge on any atom is 0.260 e. The number of anilines is 1. The van der Waals surface area contributed by atoms with Crippen LogP contribution in [0.3, 0.4) is 0 Å². The van der Waals surface area contributed by atoms with E-state index in [1.165, 1.54) is 11.1 Å². The van der Waals surface area contributed by atoms with Gasteiger partial charge in [0.25, 0.3) is 5.91 Å². The van der Waals surface area contributed by atoms with Gasteiger partial charge < -0.3 is 5.11 Å². The van der Waals surface area contributed by atoms with Gasteiger partial charge in [0.1, 0.15) is 11.9 Å². The Labute approximate surface area is 163 Å². The fourth-order valence-corrected chi connectivity index (χ4v) is 4.21. The number of nitrogens with one attached hydrogen (secondary N) is 1. The molecule has 0 radical (unpaired) electrons. The number of hydrazine groups is 1. The molecule has 2 unspecified atom stereocenters. The summed E-state index contributed by atoms with van der Waals surface area (Å²) in [5.74, 6) is 0.285. The fourth-order valence-electron chi connectivity index (χ4n) is 4.21. The molecule has 0 saturated carbocycles. The highest BCUT2D eigenvalue weighted by atomic mass is 16.3. The number of para-hydroxylation sites is 1. The van der Waals surface area contributed by atoms with Gasteiger partial charge in [0.15, 0.2) is 0 Å². The van der Waals surface area contributed by atoms with Crippen molar-refractivity contribution >= 4 is 11.6 Å². The van der Waals surface area contributed by atoms with Gasteiger partial charge in [0.05, 0.1) is 11.7 Å². The van der Waals surface area contributed by atoms with E-state index in [1.54, 1.807) is 17.1 Å². The van der Waals surface area contributed by atoms with Gasteiger partial charge in [-0.1, -0.05) is 54.6 Å². The van der Waals surface area contributed by atoms with Crippen molar-refractivity contribution in [2.75, 3.05) is 5.43 Å². The summed E-state index contributed by atoms with van der Waals surface area (Å²) in [5, 5.41) is 11.4. The molecule has 0 bridgehead atoms. The summed E-state index contributed by atoms with van der Waals surface area (Å²) >= 11 is 0. The number of hydrogen-bond acceptors (Lipinski definition) is 4. The average molecular weight is 371 g/mol. The van der Waals surface area contributed by atoms with Crippen LogP contribution in [0, 0.1) is 0 Å². The van der Waals surface area contributed by atoms with Gasteiger partial charge in [-0.3, -0.25) is 15.1 Å². The topological polar surface area (TPSA) is 55.8 Å². The van der Waals surface area contributed by atoms with Crippen LogP contribution in [0.4, 0.5) is 5.69 Å². The molecular weight excluding hydrogens is 350 g/mol. The predicted molar refractivity (Wildman–Crippen MR) is 107 cm³/mol. The third-order valence-corrected chi connectivity index (χ3v) is 5.58. The van der Waals surface area contributed by atoms with E-state index in [1.807, 2.05) is 54.6 Å². The molecule has 2 aliphatic heterocycles. The SMILES string of the molecule is O=C1C2Cc3ccccc3CN2C(c2ccc(O)cc2)N1Nc1ccccc1. The molecule has 1 amide bonds. The van der Waals surface area contributed by atoms with E-state index in [9.17, 15) is 9.90 Å². The number of hydrogen-bond donors (Lipinski definition) is 2. The van der Waals surface area contributed by atoms with Gasteiger partial charge in [-0.2, -0.15) is 0 Å². The van der Waals surface area contributed by atoms with Crippen molar-refractivity contribution in [3.8, 4) is 5.75 Å². The number of aromatic hydroxyl groups is 1. The summed E-state index contributed by atoms with van der Waals surface area (Å²) in [7, 11) is 0. The first kappa shape index (κ1) is 16.8. The smallest absolute Gasteiger partial charge is 0.260 e. The van der Waals surface area contributed by atoms with Crippen LogP contribution in [-0.4, -0.2) is 27.0 Å². The summed E-state index contributed by atoms with van der Waals surface area (Å²) in [4.78, 5) is 15.6. The molecule has 2 aliphatic rings. The molecule has 5 heteroatoms. The lowest BCUT2D eigenvalue weighted by atomic mass is 9.94. The minimum absolute atomic E-state index is 0.0661. The molecule has 3 aromatic rings. The van der Waals surface area contributed by atoms with E-state index < -0.39 is 0 Å². The highest BCUT2D eigenvalue weighted by molar-refractivity contribution is 5.86. The van der Waals surface area contributed by atoms with Crippen molar-refractivity contribution in [3.05, 3.63) is 95.6 Å². The number of carbonyl (C=O) groups is 1. The molecule has 140 valence electrons. The Hall–Kier alpha value is -3.31. The number of nitrogens with zero attached hydrogens (tertiary/aromatic N) is 2. The van der Waals surface area contributed by atoms with E-state index in [-0.39, 0.29) is 23.9 Å². The first-order valence-corrected chi connectivity index (χ1v) is 9.47. The van der Waals surface area contributed by atoms with Crippen LogP contribution in [0.15, 0.2) is 78.9 Å². The lowest BCUT2D eigenvalue weighted by molar-refractivity contribution is -0.129. The Bertz CT molecular complexity index is 1000. The highest BCUT2D eigenvalue weighted by Gasteiger charge is 2.49. The largest absolute Gasteiger partial charge is 0.508 e. The van der Waals surface area contributed by atoms with Crippen LogP contribution < -0.4 is 5.43 Å². The summed E-state index contributed by atoms with van der Waals surface area (Å²) < 4.78 is 0. The van der Waals surface area contributed by atoms with E-state index in [4.69, 9.17) is 0 Å². The second-order valence-electron chi connectivity index (χ2n) is 7.31. The number of fused-ring (bicyclic) bond motifs is 2. The zero-order chi connectivity index (χ0) is 19.1. The second-order valence-corrected chi connectivity index (χ2v) is 7.31. The van der Waals surface area contributed by atoms with Crippen molar-refractivity contribution in [2.24, 2.45) is 0 Å². The Kier molecular flexibility index (Phi) is 4.02. The number of benzene rings is 3. The normalized spacial score (nSPS) is 21.3. The fraction of sp³-hybridized carbons (Fsp3) is 0.174. The number of amides is 1. The first-order valence-electron chi connectivity index (χ1n) is 9.47. The van der Waals surface area contributed by atoms with E-state index in [0.29, 0.717) is 13.0 Å². The van der Waals surface area contributed by atoms with Crippen molar-refractivity contribution < 1.29 is 9.90 Å². The van der Waals surface area contributed by atoms with Crippen molar-refractivity contribution in [1.82, 2.24) is 9.91 Å². The summed E-state index contributed by atoms with van der Waals surface area (Å²) in [5.41, 5.74) is 7.66.